The van der Waals surface area contributed by atoms with E-state index in [4.69, 9.17) is 0 Å². The summed E-state index contributed by atoms with van der Waals surface area (Å²) in [4.78, 5) is 8.78. The van der Waals surface area contributed by atoms with Crippen molar-refractivity contribution in [3.05, 3.63) is 57.2 Å². The summed E-state index contributed by atoms with van der Waals surface area (Å²) < 4.78 is 1.25. The van der Waals surface area contributed by atoms with Crippen LogP contribution in [0, 0.1) is 10.5 Å². The van der Waals surface area contributed by atoms with E-state index in [0.717, 1.165) is 17.8 Å². The van der Waals surface area contributed by atoms with Gasteiger partial charge in [0, 0.05) is 16.0 Å². The molecule has 0 aliphatic rings. The molecule has 0 aliphatic heterocycles. The molecule has 3 nitrogen and oxygen atoms in total. The first kappa shape index (κ1) is 13.4. The Labute approximate surface area is 121 Å². The van der Waals surface area contributed by atoms with Gasteiger partial charge in [0.25, 0.3) is 0 Å². The van der Waals surface area contributed by atoms with E-state index in [0.29, 0.717) is 0 Å². The third kappa shape index (κ3) is 3.49. The summed E-state index contributed by atoms with van der Waals surface area (Å²) in [5.41, 5.74) is 2.38. The van der Waals surface area contributed by atoms with E-state index in [1.54, 1.807) is 0 Å². The third-order valence-electron chi connectivity index (χ3n) is 2.81. The molecule has 0 saturated heterocycles. The summed E-state index contributed by atoms with van der Waals surface area (Å²) in [5, 5.41) is 3.27. The molecule has 1 aromatic heterocycles. The molecule has 1 unspecified atom stereocenters. The van der Waals surface area contributed by atoms with Gasteiger partial charge >= 0.3 is 0 Å². The van der Waals surface area contributed by atoms with Gasteiger partial charge in [-0.2, -0.15) is 0 Å². The zero-order chi connectivity index (χ0) is 13.0. The largest absolute Gasteiger partial charge is 0.310 e. The van der Waals surface area contributed by atoms with Crippen LogP contribution in [0.4, 0.5) is 0 Å². The first-order valence-electron chi connectivity index (χ1n) is 5.89. The van der Waals surface area contributed by atoms with Crippen molar-refractivity contribution >= 4 is 22.6 Å². The number of nitrogens with one attached hydrogen (secondary N) is 1. The maximum absolute atomic E-state index is 4.39. The highest BCUT2D eigenvalue weighted by atomic mass is 127. The monoisotopic (exact) mass is 353 g/mol. The van der Waals surface area contributed by atoms with E-state index in [1.165, 1.54) is 9.13 Å². The van der Waals surface area contributed by atoms with E-state index in [1.807, 2.05) is 26.4 Å². The molecule has 94 valence electrons. The molecule has 0 saturated carbocycles. The van der Waals surface area contributed by atoms with Gasteiger partial charge < -0.3 is 5.32 Å². The minimum atomic E-state index is 0.158. The summed E-state index contributed by atoms with van der Waals surface area (Å²) in [5.74, 6) is 0.849. The number of aromatic nitrogens is 2. The molecule has 0 bridgehead atoms. The lowest BCUT2D eigenvalue weighted by molar-refractivity contribution is 0.556. The SMILES string of the molecule is CNC(Cc1ccc(I)cc1)c1ncc(C)cn1. The van der Waals surface area contributed by atoms with Crippen LogP contribution in [0.1, 0.15) is 23.0 Å². The van der Waals surface area contributed by atoms with Crippen LogP contribution in [0.2, 0.25) is 0 Å². The van der Waals surface area contributed by atoms with Crippen molar-refractivity contribution in [1.82, 2.24) is 15.3 Å². The third-order valence-corrected chi connectivity index (χ3v) is 3.53. The standard InChI is InChI=1S/C14H16IN3/c1-10-8-17-14(18-9-10)13(16-2)7-11-3-5-12(15)6-4-11/h3-6,8-9,13,16H,7H2,1-2H3. The maximum atomic E-state index is 4.39. The van der Waals surface area contributed by atoms with Crippen molar-refractivity contribution in [1.29, 1.82) is 0 Å². The number of hydrogen-bond donors (Lipinski definition) is 1. The molecule has 2 aromatic rings. The van der Waals surface area contributed by atoms with Gasteiger partial charge in [0.2, 0.25) is 0 Å². The quantitative estimate of drug-likeness (QED) is 0.859. The molecule has 4 heteroatoms. The highest BCUT2D eigenvalue weighted by Gasteiger charge is 2.12. The maximum Gasteiger partial charge on any atom is 0.145 e. The van der Waals surface area contributed by atoms with Gasteiger partial charge in [-0.1, -0.05) is 12.1 Å². The second-order valence-electron chi connectivity index (χ2n) is 4.29. The summed E-state index contributed by atoms with van der Waals surface area (Å²) in [6.07, 6.45) is 4.62. The van der Waals surface area contributed by atoms with Crippen LogP contribution in [0.5, 0.6) is 0 Å². The molecule has 1 heterocycles. The molecule has 1 N–H and O–H groups in total. The van der Waals surface area contributed by atoms with E-state index in [9.17, 15) is 0 Å². The first-order valence-corrected chi connectivity index (χ1v) is 6.97. The molecule has 0 amide bonds. The molecule has 1 atom stereocenters. The van der Waals surface area contributed by atoms with Gasteiger partial charge in [-0.05, 0) is 66.2 Å². The van der Waals surface area contributed by atoms with Crippen LogP contribution >= 0.6 is 22.6 Å². The average molecular weight is 353 g/mol. The zero-order valence-electron chi connectivity index (χ0n) is 10.5. The Hall–Kier alpha value is -1.01. The zero-order valence-corrected chi connectivity index (χ0v) is 12.7. The van der Waals surface area contributed by atoms with E-state index in [-0.39, 0.29) is 6.04 Å². The average Bonchev–Trinajstić information content (AvgIpc) is 2.39. The summed E-state index contributed by atoms with van der Waals surface area (Å²) in [7, 11) is 1.95. The molecule has 2 rings (SSSR count). The molecule has 1 aromatic carbocycles. The summed E-state index contributed by atoms with van der Waals surface area (Å²) in [6.45, 7) is 2.00. The van der Waals surface area contributed by atoms with Crippen LogP contribution in [0.15, 0.2) is 36.7 Å². The molecule has 0 spiro atoms. The predicted octanol–water partition coefficient (Wildman–Crippen LogP) is 2.89. The van der Waals surface area contributed by atoms with Gasteiger partial charge in [-0.15, -0.1) is 0 Å². The van der Waals surface area contributed by atoms with Crippen LogP contribution in [-0.2, 0) is 6.42 Å². The van der Waals surface area contributed by atoms with Crippen molar-refractivity contribution in [3.8, 4) is 0 Å². The molecule has 18 heavy (non-hydrogen) atoms. The van der Waals surface area contributed by atoms with E-state index < -0.39 is 0 Å². The van der Waals surface area contributed by atoms with Crippen molar-refractivity contribution in [2.24, 2.45) is 0 Å². The van der Waals surface area contributed by atoms with Crippen LogP contribution in [0.3, 0.4) is 0 Å². The Morgan fingerprint density at radius 3 is 2.33 bits per heavy atom. The van der Waals surface area contributed by atoms with Crippen molar-refractivity contribution in [3.63, 3.8) is 0 Å². The molecule has 0 radical (unpaired) electrons. The van der Waals surface area contributed by atoms with Crippen LogP contribution in [-0.4, -0.2) is 17.0 Å². The fourth-order valence-electron chi connectivity index (χ4n) is 1.76. The van der Waals surface area contributed by atoms with Crippen LogP contribution in [0.25, 0.3) is 0 Å². The summed E-state index contributed by atoms with van der Waals surface area (Å²) >= 11 is 2.31. The molecular weight excluding hydrogens is 337 g/mol. The number of rotatable bonds is 4. The highest BCUT2D eigenvalue weighted by Crippen LogP contribution is 2.15. The fraction of sp³-hybridized carbons (Fsp3) is 0.286. The normalized spacial score (nSPS) is 12.4. The lowest BCUT2D eigenvalue weighted by atomic mass is 10.1. The lowest BCUT2D eigenvalue weighted by Gasteiger charge is -2.14. The van der Waals surface area contributed by atoms with Crippen LogP contribution < -0.4 is 5.32 Å². The second kappa shape index (κ2) is 6.24. The number of hydrogen-bond acceptors (Lipinski definition) is 3. The van der Waals surface area contributed by atoms with E-state index >= 15 is 0 Å². The number of aryl methyl sites for hydroxylation is 1. The predicted molar refractivity (Wildman–Crippen MR) is 81.4 cm³/mol. The minimum Gasteiger partial charge on any atom is -0.310 e. The fourth-order valence-corrected chi connectivity index (χ4v) is 2.12. The first-order chi connectivity index (χ1) is 8.69. The Morgan fingerprint density at radius 1 is 1.17 bits per heavy atom. The Kier molecular flexibility index (Phi) is 4.66. The molecule has 0 fully saturated rings. The van der Waals surface area contributed by atoms with Gasteiger partial charge in [-0.3, -0.25) is 0 Å². The Morgan fingerprint density at radius 2 is 1.78 bits per heavy atom. The number of halogens is 1. The van der Waals surface area contributed by atoms with Gasteiger partial charge in [0.05, 0.1) is 6.04 Å². The number of benzene rings is 1. The van der Waals surface area contributed by atoms with Crippen molar-refractivity contribution in [2.75, 3.05) is 7.05 Å². The van der Waals surface area contributed by atoms with E-state index in [2.05, 4.69) is 62.1 Å². The molecular formula is C14H16IN3. The van der Waals surface area contributed by atoms with Crippen molar-refractivity contribution < 1.29 is 0 Å². The minimum absolute atomic E-state index is 0.158. The smallest absolute Gasteiger partial charge is 0.145 e. The van der Waals surface area contributed by atoms with Gasteiger partial charge in [0.15, 0.2) is 0 Å². The number of nitrogens with zero attached hydrogens (tertiary/aromatic N) is 2. The Bertz CT molecular complexity index is 493. The topological polar surface area (TPSA) is 37.8 Å². The molecule has 0 aliphatic carbocycles. The lowest BCUT2D eigenvalue weighted by Crippen LogP contribution is -2.21. The van der Waals surface area contributed by atoms with Crippen molar-refractivity contribution in [2.45, 2.75) is 19.4 Å². The van der Waals surface area contributed by atoms with Gasteiger partial charge in [0.1, 0.15) is 5.82 Å². The second-order valence-corrected chi connectivity index (χ2v) is 5.54. The Balaban J connectivity index is 2.14. The highest BCUT2D eigenvalue weighted by molar-refractivity contribution is 14.1. The number of likely N-dealkylation sites (N-methyl/N-ethyl adjacent to an activating group) is 1. The summed E-state index contributed by atoms with van der Waals surface area (Å²) in [6, 6.07) is 8.71. The van der Waals surface area contributed by atoms with Gasteiger partial charge in [-0.25, -0.2) is 9.97 Å².